The number of aryl methyl sites for hydroxylation is 1. The van der Waals surface area contributed by atoms with Gasteiger partial charge in [0.05, 0.1) is 6.04 Å². The first-order valence-electron chi connectivity index (χ1n) is 4.82. The first kappa shape index (κ1) is 9.06. The zero-order valence-electron chi connectivity index (χ0n) is 8.21. The monoisotopic (exact) mass is 190 g/mol. The van der Waals surface area contributed by atoms with Crippen LogP contribution in [0.2, 0.25) is 0 Å². The molecule has 1 aliphatic rings. The van der Waals surface area contributed by atoms with Crippen LogP contribution in [0.1, 0.15) is 30.0 Å². The summed E-state index contributed by atoms with van der Waals surface area (Å²) in [6.07, 6.45) is 1.50. The first-order valence-corrected chi connectivity index (χ1v) is 4.82. The maximum atomic E-state index is 11.0. The second-order valence-electron chi connectivity index (χ2n) is 3.77. The van der Waals surface area contributed by atoms with Gasteiger partial charge in [-0.3, -0.25) is 4.79 Å². The van der Waals surface area contributed by atoms with Gasteiger partial charge in [0.15, 0.2) is 0 Å². The van der Waals surface area contributed by atoms with E-state index < -0.39 is 0 Å². The molecule has 3 heteroatoms. The molecule has 2 rings (SSSR count). The quantitative estimate of drug-likeness (QED) is 0.660. The Hall–Kier alpha value is -1.51. The zero-order valence-corrected chi connectivity index (χ0v) is 8.21. The van der Waals surface area contributed by atoms with Crippen LogP contribution in [0.25, 0.3) is 0 Å². The van der Waals surface area contributed by atoms with Crippen LogP contribution in [-0.4, -0.2) is 5.91 Å². The lowest BCUT2D eigenvalue weighted by Crippen LogP contribution is -2.18. The summed E-state index contributed by atoms with van der Waals surface area (Å²) in [7, 11) is 0. The highest BCUT2D eigenvalue weighted by Gasteiger charge is 2.22. The van der Waals surface area contributed by atoms with Crippen molar-refractivity contribution in [1.29, 1.82) is 0 Å². The number of nitrogens with two attached hydrogens (primary N) is 1. The van der Waals surface area contributed by atoms with Crippen molar-refractivity contribution in [3.63, 3.8) is 0 Å². The van der Waals surface area contributed by atoms with Gasteiger partial charge in [0.1, 0.15) is 0 Å². The average molecular weight is 190 g/mol. The van der Waals surface area contributed by atoms with Crippen molar-refractivity contribution >= 4 is 11.6 Å². The van der Waals surface area contributed by atoms with E-state index in [1.54, 1.807) is 0 Å². The van der Waals surface area contributed by atoms with Crippen LogP contribution < -0.4 is 11.1 Å². The van der Waals surface area contributed by atoms with Crippen molar-refractivity contribution in [2.45, 2.75) is 25.8 Å². The molecule has 1 amide bonds. The van der Waals surface area contributed by atoms with Crippen molar-refractivity contribution < 1.29 is 4.79 Å². The molecule has 0 saturated carbocycles. The topological polar surface area (TPSA) is 55.1 Å². The number of hydrogen-bond acceptors (Lipinski definition) is 2. The lowest BCUT2D eigenvalue weighted by atomic mass is 10.0. The van der Waals surface area contributed by atoms with Gasteiger partial charge >= 0.3 is 0 Å². The Morgan fingerprint density at radius 3 is 2.86 bits per heavy atom. The smallest absolute Gasteiger partial charge is 0.220 e. The predicted molar refractivity (Wildman–Crippen MR) is 55.7 cm³/mol. The normalized spacial score (nSPS) is 20.9. The molecule has 1 heterocycles. The Morgan fingerprint density at radius 2 is 2.29 bits per heavy atom. The lowest BCUT2D eigenvalue weighted by Gasteiger charge is -2.11. The Morgan fingerprint density at radius 1 is 1.50 bits per heavy atom. The minimum absolute atomic E-state index is 0.133. The van der Waals surface area contributed by atoms with Gasteiger partial charge in [0, 0.05) is 12.1 Å². The molecule has 0 bridgehead atoms. The average Bonchev–Trinajstić information content (AvgIpc) is 2.57. The third kappa shape index (κ3) is 1.58. The Balaban J connectivity index is 2.24. The molecule has 1 fully saturated rings. The molecule has 1 aromatic rings. The summed E-state index contributed by atoms with van der Waals surface area (Å²) in [6.45, 7) is 1.98. The Labute approximate surface area is 83.3 Å². The van der Waals surface area contributed by atoms with Crippen LogP contribution in [0.5, 0.6) is 0 Å². The van der Waals surface area contributed by atoms with Crippen LogP contribution in [0.15, 0.2) is 18.2 Å². The van der Waals surface area contributed by atoms with E-state index in [0.29, 0.717) is 6.42 Å². The van der Waals surface area contributed by atoms with Gasteiger partial charge in [-0.25, -0.2) is 0 Å². The molecule has 74 valence electrons. The number of rotatable bonds is 1. The van der Waals surface area contributed by atoms with Crippen LogP contribution in [0.3, 0.4) is 0 Å². The third-order valence-electron chi connectivity index (χ3n) is 2.70. The molecule has 1 saturated heterocycles. The fourth-order valence-corrected chi connectivity index (χ4v) is 1.74. The predicted octanol–water partition coefficient (Wildman–Crippen LogP) is 1.53. The van der Waals surface area contributed by atoms with Crippen molar-refractivity contribution in [1.82, 2.24) is 5.32 Å². The largest absolute Gasteiger partial charge is 0.399 e. The number of carbonyl (C=O) groups excluding carboxylic acids is 1. The van der Waals surface area contributed by atoms with E-state index in [4.69, 9.17) is 5.73 Å². The number of anilines is 1. The third-order valence-corrected chi connectivity index (χ3v) is 2.70. The molecule has 3 N–H and O–H groups in total. The molecule has 1 atom stereocenters. The van der Waals surface area contributed by atoms with E-state index in [-0.39, 0.29) is 11.9 Å². The molecule has 0 spiro atoms. The van der Waals surface area contributed by atoms with Gasteiger partial charge < -0.3 is 11.1 Å². The van der Waals surface area contributed by atoms with Gasteiger partial charge in [-0.2, -0.15) is 0 Å². The summed E-state index contributed by atoms with van der Waals surface area (Å²) in [6, 6.07) is 6.13. The van der Waals surface area contributed by atoms with E-state index in [0.717, 1.165) is 23.2 Å². The SMILES string of the molecule is Cc1ccc(C2CCC(=O)N2)cc1N. The maximum Gasteiger partial charge on any atom is 0.220 e. The molecule has 1 unspecified atom stereocenters. The van der Waals surface area contributed by atoms with Gasteiger partial charge in [-0.1, -0.05) is 12.1 Å². The summed E-state index contributed by atoms with van der Waals surface area (Å²) in [5.74, 6) is 0.133. The standard InChI is InChI=1S/C11H14N2O/c1-7-2-3-8(6-9(7)12)10-4-5-11(14)13-10/h2-3,6,10H,4-5,12H2,1H3,(H,13,14). The fourth-order valence-electron chi connectivity index (χ4n) is 1.74. The number of benzene rings is 1. The van der Waals surface area contributed by atoms with E-state index in [9.17, 15) is 4.79 Å². The summed E-state index contributed by atoms with van der Waals surface area (Å²) < 4.78 is 0. The number of nitrogen functional groups attached to an aromatic ring is 1. The van der Waals surface area contributed by atoms with E-state index in [1.807, 2.05) is 25.1 Å². The summed E-state index contributed by atoms with van der Waals surface area (Å²) in [5, 5.41) is 2.92. The summed E-state index contributed by atoms with van der Waals surface area (Å²) >= 11 is 0. The molecule has 0 radical (unpaired) electrons. The van der Waals surface area contributed by atoms with E-state index in [1.165, 1.54) is 0 Å². The van der Waals surface area contributed by atoms with Crippen molar-refractivity contribution in [2.24, 2.45) is 0 Å². The molecule has 14 heavy (non-hydrogen) atoms. The molecule has 1 aliphatic heterocycles. The Bertz CT molecular complexity index is 374. The van der Waals surface area contributed by atoms with Gasteiger partial charge in [-0.15, -0.1) is 0 Å². The fraction of sp³-hybridized carbons (Fsp3) is 0.364. The van der Waals surface area contributed by atoms with Gasteiger partial charge in [0.25, 0.3) is 0 Å². The summed E-state index contributed by atoms with van der Waals surface area (Å²) in [5.41, 5.74) is 8.80. The molecule has 3 nitrogen and oxygen atoms in total. The van der Waals surface area contributed by atoms with Crippen LogP contribution in [-0.2, 0) is 4.79 Å². The van der Waals surface area contributed by atoms with Crippen molar-refractivity contribution in [3.8, 4) is 0 Å². The zero-order chi connectivity index (χ0) is 10.1. The molecule has 0 aliphatic carbocycles. The minimum atomic E-state index is 0.133. The second kappa shape index (κ2) is 3.33. The van der Waals surface area contributed by atoms with Crippen molar-refractivity contribution in [2.75, 3.05) is 5.73 Å². The second-order valence-corrected chi connectivity index (χ2v) is 3.77. The molecule has 0 aromatic heterocycles. The van der Waals surface area contributed by atoms with Crippen LogP contribution in [0, 0.1) is 6.92 Å². The molecular weight excluding hydrogens is 176 g/mol. The minimum Gasteiger partial charge on any atom is -0.399 e. The molecular formula is C11H14N2O. The van der Waals surface area contributed by atoms with E-state index >= 15 is 0 Å². The Kier molecular flexibility index (Phi) is 2.15. The summed E-state index contributed by atoms with van der Waals surface area (Å²) in [4.78, 5) is 11.0. The van der Waals surface area contributed by atoms with E-state index in [2.05, 4.69) is 5.32 Å². The number of hydrogen-bond donors (Lipinski definition) is 2. The highest BCUT2D eigenvalue weighted by atomic mass is 16.1. The van der Waals surface area contributed by atoms with Crippen LogP contribution in [0.4, 0.5) is 5.69 Å². The number of carbonyl (C=O) groups is 1. The maximum absolute atomic E-state index is 11.0. The van der Waals surface area contributed by atoms with Crippen LogP contribution >= 0.6 is 0 Å². The number of nitrogens with one attached hydrogen (secondary N) is 1. The van der Waals surface area contributed by atoms with Gasteiger partial charge in [-0.05, 0) is 30.5 Å². The highest BCUT2D eigenvalue weighted by Crippen LogP contribution is 2.26. The molecule has 1 aromatic carbocycles. The first-order chi connectivity index (χ1) is 6.66. The number of amides is 1. The van der Waals surface area contributed by atoms with Gasteiger partial charge in [0.2, 0.25) is 5.91 Å². The lowest BCUT2D eigenvalue weighted by molar-refractivity contribution is -0.119. The highest BCUT2D eigenvalue weighted by molar-refractivity contribution is 5.78. The van der Waals surface area contributed by atoms with Crippen molar-refractivity contribution in [3.05, 3.63) is 29.3 Å².